The third kappa shape index (κ3) is 7.82. The molecule has 0 unspecified atom stereocenters. The Morgan fingerprint density at radius 3 is 2.41 bits per heavy atom. The zero-order valence-electron chi connectivity index (χ0n) is 28.5. The van der Waals surface area contributed by atoms with Crippen LogP contribution in [0.5, 0.6) is 11.5 Å². The normalized spacial score (nSPS) is 14.7. The quantitative estimate of drug-likeness (QED) is 0.118. The minimum absolute atomic E-state index is 0.00902. The Labute approximate surface area is 293 Å². The van der Waals surface area contributed by atoms with Gasteiger partial charge in [-0.1, -0.05) is 24.6 Å². The molecule has 11 nitrogen and oxygen atoms in total. The number of nitrogen functional groups attached to an aromatic ring is 1. The lowest BCUT2D eigenvalue weighted by atomic mass is 9.98. The Morgan fingerprint density at radius 2 is 1.76 bits per heavy atom. The summed E-state index contributed by atoms with van der Waals surface area (Å²) in [6, 6.07) is 16.2. The summed E-state index contributed by atoms with van der Waals surface area (Å²) in [6.07, 6.45) is -2.62. The van der Waals surface area contributed by atoms with Crippen LogP contribution in [0.2, 0.25) is 0 Å². The molecule has 272 valence electrons. The summed E-state index contributed by atoms with van der Waals surface area (Å²) in [5.41, 5.74) is 3.22. The van der Waals surface area contributed by atoms with Gasteiger partial charge in [-0.3, -0.25) is 4.79 Å². The van der Waals surface area contributed by atoms with Crippen molar-refractivity contribution in [3.05, 3.63) is 84.1 Å². The van der Waals surface area contributed by atoms with Crippen LogP contribution in [0, 0.1) is 0 Å². The van der Waals surface area contributed by atoms with Crippen LogP contribution in [0.3, 0.4) is 0 Å². The van der Waals surface area contributed by atoms with Gasteiger partial charge in [0.05, 0.1) is 22.9 Å². The second kappa shape index (κ2) is 14.7. The standard InChI is InChI=1S/C36H39F3N4O7S/c1-5-48-30-20-25(13-16-29(30)49-22(2)3)35(50-34(45)36(37,38)39,42-26-14-15-28-23(19-26)17-18-41-32(28)40)33(44)43(4)21-24-9-6-7-12-31(24)51(46,47)27-10-8-11-27/h6-7,9,12-20,22,27,42H,5,8,10-11,21H2,1-4H3,(H2,40,41)/t35-/m0/s1. The highest BCUT2D eigenvalue weighted by atomic mass is 32.2. The maximum Gasteiger partial charge on any atom is 0.491 e. The van der Waals surface area contributed by atoms with Gasteiger partial charge in [0.25, 0.3) is 11.6 Å². The number of fused-ring (bicyclic) bond motifs is 1. The summed E-state index contributed by atoms with van der Waals surface area (Å²) in [5.74, 6) is -3.30. The molecular formula is C36H39F3N4O7S. The number of benzene rings is 3. The number of rotatable bonds is 13. The lowest BCUT2D eigenvalue weighted by molar-refractivity contribution is -0.215. The summed E-state index contributed by atoms with van der Waals surface area (Å²) < 4.78 is 86.0. The van der Waals surface area contributed by atoms with Crippen LogP contribution in [-0.2, 0) is 36.4 Å². The topological polar surface area (TPSA) is 150 Å². The van der Waals surface area contributed by atoms with E-state index in [1.165, 1.54) is 55.7 Å². The molecule has 1 aliphatic rings. The van der Waals surface area contributed by atoms with Gasteiger partial charge in [0.1, 0.15) is 5.82 Å². The molecule has 1 heterocycles. The van der Waals surface area contributed by atoms with Crippen LogP contribution in [0.1, 0.15) is 51.2 Å². The van der Waals surface area contributed by atoms with E-state index in [1.54, 1.807) is 45.0 Å². The number of nitrogens with two attached hydrogens (primary N) is 1. The first-order valence-corrected chi connectivity index (χ1v) is 17.9. The molecule has 15 heteroatoms. The monoisotopic (exact) mass is 728 g/mol. The molecule has 4 aromatic rings. The van der Waals surface area contributed by atoms with Crippen LogP contribution in [-0.4, -0.2) is 61.4 Å². The number of nitrogens with zero attached hydrogens (tertiary/aromatic N) is 2. The number of amides is 1. The van der Waals surface area contributed by atoms with Gasteiger partial charge in [0.15, 0.2) is 21.3 Å². The van der Waals surface area contributed by atoms with E-state index in [1.807, 2.05) is 0 Å². The number of likely N-dealkylation sites (N-methyl/N-ethyl adjacent to an activating group) is 1. The van der Waals surface area contributed by atoms with Gasteiger partial charge >= 0.3 is 12.1 Å². The molecule has 0 radical (unpaired) electrons. The molecule has 1 aromatic heterocycles. The third-order valence-electron chi connectivity index (χ3n) is 8.43. The van der Waals surface area contributed by atoms with Crippen LogP contribution in [0.4, 0.5) is 24.7 Å². The smallest absolute Gasteiger partial charge is 0.490 e. The van der Waals surface area contributed by atoms with Crippen LogP contribution in [0.15, 0.2) is 77.8 Å². The Hall–Kier alpha value is -5.05. The molecule has 1 fully saturated rings. The molecular weight excluding hydrogens is 689 g/mol. The number of carbonyl (C=O) groups excluding carboxylic acids is 2. The van der Waals surface area contributed by atoms with Crippen LogP contribution >= 0.6 is 0 Å². The molecule has 3 N–H and O–H groups in total. The molecule has 0 bridgehead atoms. The molecule has 0 saturated heterocycles. The summed E-state index contributed by atoms with van der Waals surface area (Å²) in [4.78, 5) is 32.7. The van der Waals surface area contributed by atoms with Crippen molar-refractivity contribution in [2.75, 3.05) is 24.7 Å². The van der Waals surface area contributed by atoms with E-state index in [0.29, 0.717) is 23.6 Å². The number of nitrogens with one attached hydrogen (secondary N) is 1. The summed E-state index contributed by atoms with van der Waals surface area (Å²) in [6.45, 7) is 4.99. The van der Waals surface area contributed by atoms with Crippen LogP contribution < -0.4 is 20.5 Å². The number of anilines is 2. The van der Waals surface area contributed by atoms with Gasteiger partial charge in [0.2, 0.25) is 0 Å². The molecule has 51 heavy (non-hydrogen) atoms. The average Bonchev–Trinajstić information content (AvgIpc) is 3.03. The van der Waals surface area contributed by atoms with E-state index in [0.717, 1.165) is 11.3 Å². The largest absolute Gasteiger partial charge is 0.491 e. The maximum absolute atomic E-state index is 14.8. The maximum atomic E-state index is 14.8. The predicted molar refractivity (Wildman–Crippen MR) is 185 cm³/mol. The lowest BCUT2D eigenvalue weighted by Gasteiger charge is -2.37. The number of ether oxygens (including phenoxy) is 3. The Morgan fingerprint density at radius 1 is 1.04 bits per heavy atom. The van der Waals surface area contributed by atoms with Crippen molar-refractivity contribution in [3.63, 3.8) is 0 Å². The summed E-state index contributed by atoms with van der Waals surface area (Å²) >= 11 is 0. The second-order valence-corrected chi connectivity index (χ2v) is 14.7. The summed E-state index contributed by atoms with van der Waals surface area (Å²) in [7, 11) is -2.49. The van der Waals surface area contributed by atoms with Crippen molar-refractivity contribution in [3.8, 4) is 11.5 Å². The van der Waals surface area contributed by atoms with E-state index in [9.17, 15) is 31.2 Å². The first-order valence-electron chi connectivity index (χ1n) is 16.3. The van der Waals surface area contributed by atoms with E-state index < -0.39 is 38.9 Å². The highest BCUT2D eigenvalue weighted by Gasteiger charge is 2.53. The first-order chi connectivity index (χ1) is 24.1. The van der Waals surface area contributed by atoms with E-state index in [4.69, 9.17) is 19.9 Å². The number of alkyl halides is 3. The highest BCUT2D eigenvalue weighted by molar-refractivity contribution is 7.92. The number of hydrogen-bond donors (Lipinski definition) is 2. The van der Waals surface area contributed by atoms with Crippen molar-refractivity contribution in [1.29, 1.82) is 0 Å². The number of carbonyl (C=O) groups is 2. The number of halogens is 3. The van der Waals surface area contributed by atoms with Crippen molar-refractivity contribution in [2.24, 2.45) is 0 Å². The fourth-order valence-electron chi connectivity index (χ4n) is 5.77. The van der Waals surface area contributed by atoms with Gasteiger partial charge in [-0.2, -0.15) is 13.2 Å². The zero-order valence-corrected chi connectivity index (χ0v) is 29.3. The number of aromatic nitrogens is 1. The first kappa shape index (κ1) is 37.2. The highest BCUT2D eigenvalue weighted by Crippen LogP contribution is 2.40. The minimum atomic E-state index is -5.51. The molecule has 1 atom stereocenters. The Kier molecular flexibility index (Phi) is 10.7. The number of hydrogen-bond acceptors (Lipinski definition) is 10. The molecule has 0 aliphatic heterocycles. The van der Waals surface area contributed by atoms with Crippen LogP contribution in [0.25, 0.3) is 10.8 Å². The SMILES string of the molecule is CCOc1cc([C@](Nc2ccc3c(N)nccc3c2)(OC(=O)C(F)(F)F)C(=O)N(C)Cc2ccccc2S(=O)(=O)C2CCC2)ccc1OC(C)C. The second-order valence-electron chi connectivity index (χ2n) is 12.5. The fraction of sp³-hybridized carbons (Fsp3) is 0.361. The third-order valence-corrected chi connectivity index (χ3v) is 10.8. The average molecular weight is 729 g/mol. The molecule has 1 amide bonds. The Balaban J connectivity index is 1.69. The Bertz CT molecular complexity index is 2040. The lowest BCUT2D eigenvalue weighted by Crippen LogP contribution is -2.54. The molecule has 1 aliphatic carbocycles. The molecule has 3 aromatic carbocycles. The number of esters is 1. The molecule has 0 spiro atoms. The zero-order chi connectivity index (χ0) is 37.1. The molecule has 5 rings (SSSR count). The van der Waals surface area contributed by atoms with E-state index in [2.05, 4.69) is 10.3 Å². The fourth-order valence-corrected chi connectivity index (χ4v) is 7.85. The van der Waals surface area contributed by atoms with Crippen molar-refractivity contribution in [1.82, 2.24) is 9.88 Å². The van der Waals surface area contributed by atoms with Crippen molar-refractivity contribution in [2.45, 2.75) is 74.7 Å². The van der Waals surface area contributed by atoms with Crippen molar-refractivity contribution < 1.29 is 45.4 Å². The van der Waals surface area contributed by atoms with Gasteiger partial charge in [-0.25, -0.2) is 18.2 Å². The molecule has 1 saturated carbocycles. The van der Waals surface area contributed by atoms with Gasteiger partial charge in [-0.15, -0.1) is 0 Å². The summed E-state index contributed by atoms with van der Waals surface area (Å²) in [5, 5.41) is 3.27. The van der Waals surface area contributed by atoms with E-state index >= 15 is 0 Å². The van der Waals surface area contributed by atoms with Crippen molar-refractivity contribution >= 4 is 44.0 Å². The predicted octanol–water partition coefficient (Wildman–Crippen LogP) is 6.36. The minimum Gasteiger partial charge on any atom is -0.490 e. The van der Waals surface area contributed by atoms with Gasteiger partial charge < -0.3 is 30.2 Å². The number of pyridine rings is 1. The van der Waals surface area contributed by atoms with E-state index in [-0.39, 0.29) is 58.3 Å². The van der Waals surface area contributed by atoms with Gasteiger partial charge in [-0.05, 0) is 93.1 Å². The number of sulfone groups is 1. The van der Waals surface area contributed by atoms with Gasteiger partial charge in [0, 0.05) is 36.4 Å².